The molecule has 0 heterocycles. The Kier molecular flexibility index (Phi) is 76.6. The standard InChI is InChI=1S/C88H172O17P2/c1-8-10-11-12-45-55-62-69-85(90)98-75-83(104-87(92)71-65-58-51-44-38-32-26-25-29-35-41-48-54-61-68-81(7)9-2)77-102-106(94,95)100-73-82(89)74-101-107(96,97)103-78-84(105-88(93)72-64-57-50-43-37-31-24-20-16-14-18-22-28-34-40-47-53-60-67-80(5)6)76-99-86(91)70-63-56-49-42-36-30-23-19-15-13-17-21-27-33-39-46-52-59-66-79(3)4/h79-84,89H,8-78H2,1-7H3,(H,94,95)(H,96,97)/t81?,82-,83+,84+/m0/s1. The molecule has 3 unspecified atom stereocenters. The van der Waals surface area contributed by atoms with E-state index in [2.05, 4.69) is 48.5 Å². The van der Waals surface area contributed by atoms with E-state index in [4.69, 9.17) is 37.0 Å². The molecule has 0 spiro atoms. The van der Waals surface area contributed by atoms with Crippen LogP contribution in [0.5, 0.6) is 0 Å². The predicted octanol–water partition coefficient (Wildman–Crippen LogP) is 26.9. The summed E-state index contributed by atoms with van der Waals surface area (Å²) in [6, 6.07) is 0. The van der Waals surface area contributed by atoms with Crippen LogP contribution in [-0.4, -0.2) is 96.7 Å². The van der Waals surface area contributed by atoms with Gasteiger partial charge < -0.3 is 33.8 Å². The van der Waals surface area contributed by atoms with Crippen molar-refractivity contribution in [3.63, 3.8) is 0 Å². The Labute approximate surface area is 658 Å². The van der Waals surface area contributed by atoms with Crippen molar-refractivity contribution in [3.8, 4) is 0 Å². The Hall–Kier alpha value is -1.94. The first-order valence-corrected chi connectivity index (χ1v) is 48.4. The molecule has 0 aliphatic carbocycles. The third kappa shape index (κ3) is 80.5. The number of carbonyl (C=O) groups excluding carboxylic acids is 4. The average molecular weight is 1560 g/mol. The van der Waals surface area contributed by atoms with Crippen molar-refractivity contribution < 1.29 is 80.2 Å². The lowest BCUT2D eigenvalue weighted by molar-refractivity contribution is -0.161. The molecule has 0 amide bonds. The van der Waals surface area contributed by atoms with Gasteiger partial charge in [0, 0.05) is 25.7 Å². The molecule has 0 fully saturated rings. The number of phosphoric acid groups is 2. The molecule has 107 heavy (non-hydrogen) atoms. The van der Waals surface area contributed by atoms with E-state index >= 15 is 0 Å². The van der Waals surface area contributed by atoms with E-state index in [1.165, 1.54) is 263 Å². The summed E-state index contributed by atoms with van der Waals surface area (Å²) in [4.78, 5) is 73.1. The van der Waals surface area contributed by atoms with E-state index in [1.54, 1.807) is 0 Å². The van der Waals surface area contributed by atoms with Crippen molar-refractivity contribution in [3.05, 3.63) is 0 Å². The highest BCUT2D eigenvalue weighted by Crippen LogP contribution is 2.45. The molecule has 0 aliphatic rings. The minimum atomic E-state index is -4.97. The molecule has 0 aromatic heterocycles. The van der Waals surface area contributed by atoms with Gasteiger partial charge in [0.2, 0.25) is 0 Å². The second-order valence-corrected chi connectivity index (χ2v) is 35.7. The van der Waals surface area contributed by atoms with E-state index in [9.17, 15) is 43.2 Å². The molecule has 19 heteroatoms. The lowest BCUT2D eigenvalue weighted by Crippen LogP contribution is -2.30. The van der Waals surface area contributed by atoms with Gasteiger partial charge in [0.05, 0.1) is 26.4 Å². The van der Waals surface area contributed by atoms with Crippen molar-refractivity contribution in [2.45, 2.75) is 484 Å². The molecule has 6 atom stereocenters. The van der Waals surface area contributed by atoms with Crippen LogP contribution in [0.1, 0.15) is 466 Å². The van der Waals surface area contributed by atoms with Crippen molar-refractivity contribution in [1.82, 2.24) is 0 Å². The summed E-state index contributed by atoms with van der Waals surface area (Å²) in [7, 11) is -9.93. The molecule has 636 valence electrons. The van der Waals surface area contributed by atoms with Crippen LogP contribution in [0, 0.1) is 17.8 Å². The molecule has 3 N–H and O–H groups in total. The minimum absolute atomic E-state index is 0.107. The fourth-order valence-corrected chi connectivity index (χ4v) is 15.3. The largest absolute Gasteiger partial charge is 0.472 e. The number of carbonyl (C=O) groups is 4. The first-order valence-electron chi connectivity index (χ1n) is 45.4. The monoisotopic (exact) mass is 1560 g/mol. The van der Waals surface area contributed by atoms with Gasteiger partial charge in [0.1, 0.15) is 19.3 Å². The Morgan fingerprint density at radius 2 is 0.477 bits per heavy atom. The highest BCUT2D eigenvalue weighted by Gasteiger charge is 2.31. The second-order valence-electron chi connectivity index (χ2n) is 32.8. The smallest absolute Gasteiger partial charge is 0.462 e. The molecule has 0 aromatic rings. The number of hydrogen-bond donors (Lipinski definition) is 3. The number of ether oxygens (including phenoxy) is 4. The first-order chi connectivity index (χ1) is 51.8. The molecule has 0 saturated heterocycles. The van der Waals surface area contributed by atoms with Crippen LogP contribution >= 0.6 is 15.6 Å². The van der Waals surface area contributed by atoms with Gasteiger partial charge in [-0.2, -0.15) is 0 Å². The van der Waals surface area contributed by atoms with Crippen LogP contribution in [0.15, 0.2) is 0 Å². The van der Waals surface area contributed by atoms with Crippen LogP contribution in [0.25, 0.3) is 0 Å². The number of rotatable bonds is 86. The van der Waals surface area contributed by atoms with Crippen molar-refractivity contribution in [2.24, 2.45) is 17.8 Å². The van der Waals surface area contributed by atoms with Crippen LogP contribution < -0.4 is 0 Å². The van der Waals surface area contributed by atoms with Crippen molar-refractivity contribution >= 4 is 39.5 Å². The molecule has 0 aliphatic heterocycles. The van der Waals surface area contributed by atoms with Gasteiger partial charge in [0.15, 0.2) is 12.2 Å². The van der Waals surface area contributed by atoms with Crippen LogP contribution in [-0.2, 0) is 65.4 Å². The van der Waals surface area contributed by atoms with Gasteiger partial charge >= 0.3 is 39.5 Å². The van der Waals surface area contributed by atoms with E-state index in [0.717, 1.165) is 120 Å². The quantitative estimate of drug-likeness (QED) is 0.0222. The molecule has 0 saturated carbocycles. The van der Waals surface area contributed by atoms with Crippen molar-refractivity contribution in [1.29, 1.82) is 0 Å². The Bertz CT molecular complexity index is 2060. The van der Waals surface area contributed by atoms with Gasteiger partial charge in [-0.1, -0.05) is 414 Å². The first kappa shape index (κ1) is 105. The fourth-order valence-electron chi connectivity index (χ4n) is 13.7. The molecular formula is C88H172O17P2. The molecule has 0 aromatic carbocycles. The SMILES string of the molecule is CCCCCCCCCC(=O)OC[C@H](COP(=O)(O)OC[C@H](O)COP(=O)(O)OC[C@@H](COC(=O)CCCCCCCCCCCCCCCCCCCCC(C)C)OC(=O)CCCCCCCCCCCCCCCCCCCCC(C)C)OC(=O)CCCCCCCCCCCCCCCCC(C)CC. The van der Waals surface area contributed by atoms with Crippen molar-refractivity contribution in [2.75, 3.05) is 39.6 Å². The summed E-state index contributed by atoms with van der Waals surface area (Å²) in [6.45, 7) is 12.1. The summed E-state index contributed by atoms with van der Waals surface area (Å²) < 4.78 is 68.8. The second kappa shape index (κ2) is 78.0. The molecule has 0 rings (SSSR count). The van der Waals surface area contributed by atoms with E-state index in [1.807, 2.05) is 0 Å². The van der Waals surface area contributed by atoms with Crippen LogP contribution in [0.2, 0.25) is 0 Å². The number of esters is 4. The maximum absolute atomic E-state index is 13.1. The van der Waals surface area contributed by atoms with Gasteiger partial charge in [-0.15, -0.1) is 0 Å². The highest BCUT2D eigenvalue weighted by molar-refractivity contribution is 7.47. The summed E-state index contributed by atoms with van der Waals surface area (Å²) in [5, 5.41) is 10.7. The van der Waals surface area contributed by atoms with Gasteiger partial charge in [-0.25, -0.2) is 9.13 Å². The lowest BCUT2D eigenvalue weighted by atomic mass is 9.99. The summed E-state index contributed by atoms with van der Waals surface area (Å²) in [5.41, 5.74) is 0. The lowest BCUT2D eigenvalue weighted by Gasteiger charge is -2.21. The van der Waals surface area contributed by atoms with E-state index < -0.39 is 97.5 Å². The van der Waals surface area contributed by atoms with Gasteiger partial charge in [-0.3, -0.25) is 37.3 Å². The number of unbranched alkanes of at least 4 members (excludes halogenated alkanes) is 53. The Morgan fingerprint density at radius 1 is 0.271 bits per heavy atom. The number of phosphoric ester groups is 2. The Balaban J connectivity index is 5.16. The normalized spacial score (nSPS) is 14.1. The van der Waals surface area contributed by atoms with Crippen LogP contribution in [0.4, 0.5) is 0 Å². The maximum Gasteiger partial charge on any atom is 0.472 e. The molecule has 0 radical (unpaired) electrons. The summed E-state index contributed by atoms with van der Waals surface area (Å²) in [6.07, 6.45) is 69.6. The van der Waals surface area contributed by atoms with E-state index in [-0.39, 0.29) is 25.7 Å². The van der Waals surface area contributed by atoms with E-state index in [0.29, 0.717) is 25.7 Å². The topological polar surface area (TPSA) is 237 Å². The molecule has 17 nitrogen and oxygen atoms in total. The zero-order valence-corrected chi connectivity index (χ0v) is 72.4. The third-order valence-electron chi connectivity index (χ3n) is 21.0. The zero-order valence-electron chi connectivity index (χ0n) is 70.6. The number of aliphatic hydroxyl groups is 1. The minimum Gasteiger partial charge on any atom is -0.462 e. The van der Waals surface area contributed by atoms with Gasteiger partial charge in [0.25, 0.3) is 0 Å². The fraction of sp³-hybridized carbons (Fsp3) is 0.955. The number of aliphatic hydroxyl groups excluding tert-OH is 1. The zero-order chi connectivity index (χ0) is 78.6. The average Bonchev–Trinajstić information content (AvgIpc) is 0.900. The maximum atomic E-state index is 13.1. The Morgan fingerprint density at radius 3 is 0.710 bits per heavy atom. The molecular weight excluding hydrogens is 1390 g/mol. The third-order valence-corrected chi connectivity index (χ3v) is 22.9. The number of hydrogen-bond acceptors (Lipinski definition) is 15. The summed E-state index contributed by atoms with van der Waals surface area (Å²) in [5.74, 6) is 0.383. The van der Waals surface area contributed by atoms with Crippen LogP contribution in [0.3, 0.4) is 0 Å². The predicted molar refractivity (Wildman–Crippen MR) is 441 cm³/mol. The molecule has 0 bridgehead atoms. The van der Waals surface area contributed by atoms with Gasteiger partial charge in [-0.05, 0) is 43.4 Å². The highest BCUT2D eigenvalue weighted by atomic mass is 31.2. The summed E-state index contributed by atoms with van der Waals surface area (Å²) >= 11 is 0.